The lowest BCUT2D eigenvalue weighted by Crippen LogP contribution is -2.35. The summed E-state index contributed by atoms with van der Waals surface area (Å²) in [6.45, 7) is 1.85. The second-order valence-corrected chi connectivity index (χ2v) is 7.18. The van der Waals surface area contributed by atoms with E-state index in [0.717, 1.165) is 31.5 Å². The number of nitrogens with one attached hydrogen (secondary N) is 2. The van der Waals surface area contributed by atoms with E-state index in [0.29, 0.717) is 16.3 Å². The molecule has 3 aromatic rings. The number of likely N-dealkylation sites (tertiary alicyclic amines) is 1. The van der Waals surface area contributed by atoms with Gasteiger partial charge in [-0.25, -0.2) is 5.10 Å². The van der Waals surface area contributed by atoms with E-state index in [-0.39, 0.29) is 29.6 Å². The van der Waals surface area contributed by atoms with Gasteiger partial charge < -0.3 is 10.2 Å². The van der Waals surface area contributed by atoms with Gasteiger partial charge in [0.05, 0.1) is 5.39 Å². The third-order valence-corrected chi connectivity index (χ3v) is 5.18. The highest BCUT2D eigenvalue weighted by Crippen LogP contribution is 2.15. The van der Waals surface area contributed by atoms with E-state index in [9.17, 15) is 14.4 Å². The molecule has 7 heteroatoms. The van der Waals surface area contributed by atoms with Crippen LogP contribution >= 0.6 is 0 Å². The Balaban J connectivity index is 1.48. The summed E-state index contributed by atoms with van der Waals surface area (Å²) in [4.78, 5) is 39.1. The van der Waals surface area contributed by atoms with Crippen LogP contribution in [0.3, 0.4) is 0 Å². The number of fused-ring (bicyclic) bond motifs is 1. The lowest BCUT2D eigenvalue weighted by atomic mass is 10.1. The summed E-state index contributed by atoms with van der Waals surface area (Å²) in [6, 6.07) is 14.2. The third-order valence-electron chi connectivity index (χ3n) is 5.18. The zero-order valence-electron chi connectivity index (χ0n) is 16.0. The van der Waals surface area contributed by atoms with E-state index in [1.54, 1.807) is 30.3 Å². The monoisotopic (exact) mass is 390 g/mol. The number of nitrogens with zero attached hydrogens (tertiary/aromatic N) is 2. The molecular formula is C22H22N4O3. The van der Waals surface area contributed by atoms with Crippen LogP contribution in [-0.4, -0.2) is 40.0 Å². The van der Waals surface area contributed by atoms with Gasteiger partial charge >= 0.3 is 0 Å². The molecule has 1 aromatic heterocycles. The largest absolute Gasteiger partial charge is 0.347 e. The van der Waals surface area contributed by atoms with Gasteiger partial charge in [0.1, 0.15) is 0 Å². The van der Waals surface area contributed by atoms with E-state index >= 15 is 0 Å². The molecule has 2 heterocycles. The zero-order valence-corrected chi connectivity index (χ0v) is 16.0. The average Bonchev–Trinajstić information content (AvgIpc) is 2.78. The molecule has 0 aliphatic carbocycles. The van der Waals surface area contributed by atoms with Crippen LogP contribution in [0.2, 0.25) is 0 Å². The molecule has 0 bridgehead atoms. The summed E-state index contributed by atoms with van der Waals surface area (Å²) >= 11 is 0. The normalized spacial score (nSPS) is 14.0. The summed E-state index contributed by atoms with van der Waals surface area (Å²) < 4.78 is 0. The Morgan fingerprint density at radius 3 is 2.55 bits per heavy atom. The Morgan fingerprint density at radius 2 is 1.76 bits per heavy atom. The number of hydrogen-bond acceptors (Lipinski definition) is 4. The predicted molar refractivity (Wildman–Crippen MR) is 110 cm³/mol. The van der Waals surface area contributed by atoms with Gasteiger partial charge in [0.15, 0.2) is 5.69 Å². The minimum atomic E-state index is -0.384. The minimum Gasteiger partial charge on any atom is -0.347 e. The van der Waals surface area contributed by atoms with Crippen molar-refractivity contribution in [1.82, 2.24) is 20.4 Å². The zero-order chi connectivity index (χ0) is 20.2. The third kappa shape index (κ3) is 4.03. The fourth-order valence-electron chi connectivity index (χ4n) is 3.65. The number of benzene rings is 2. The Labute approximate surface area is 167 Å². The highest BCUT2D eigenvalue weighted by molar-refractivity contribution is 6.04. The Bertz CT molecular complexity index is 1120. The average molecular weight is 390 g/mol. The van der Waals surface area contributed by atoms with E-state index in [1.165, 1.54) is 6.42 Å². The van der Waals surface area contributed by atoms with Gasteiger partial charge in [-0.1, -0.05) is 30.3 Å². The number of carbonyl (C=O) groups is 2. The molecule has 1 saturated heterocycles. The number of piperidine rings is 1. The molecule has 0 unspecified atom stereocenters. The van der Waals surface area contributed by atoms with E-state index < -0.39 is 0 Å². The predicted octanol–water partition coefficient (Wildman–Crippen LogP) is 2.48. The topological polar surface area (TPSA) is 95.2 Å². The van der Waals surface area contributed by atoms with Crippen LogP contribution in [0.5, 0.6) is 0 Å². The molecule has 0 radical (unpaired) electrons. The number of aromatic nitrogens is 2. The van der Waals surface area contributed by atoms with Gasteiger partial charge in [0, 0.05) is 30.6 Å². The molecule has 2 N–H and O–H groups in total. The number of rotatable bonds is 4. The lowest BCUT2D eigenvalue weighted by molar-refractivity contribution is 0.0724. The van der Waals surface area contributed by atoms with Crippen LogP contribution in [-0.2, 0) is 6.54 Å². The van der Waals surface area contributed by atoms with Crippen molar-refractivity contribution in [3.05, 3.63) is 75.7 Å². The van der Waals surface area contributed by atoms with Crippen molar-refractivity contribution in [3.8, 4) is 0 Å². The molecule has 1 fully saturated rings. The van der Waals surface area contributed by atoms with Crippen LogP contribution in [0.1, 0.15) is 45.7 Å². The first kappa shape index (κ1) is 18.9. The van der Waals surface area contributed by atoms with E-state index in [4.69, 9.17) is 0 Å². The maximum atomic E-state index is 12.7. The number of aromatic amines is 1. The molecule has 4 rings (SSSR count). The maximum Gasteiger partial charge on any atom is 0.272 e. The van der Waals surface area contributed by atoms with Crippen LogP contribution < -0.4 is 10.9 Å². The number of H-pyrrole nitrogens is 1. The summed E-state index contributed by atoms with van der Waals surface area (Å²) in [5.74, 6) is -0.351. The Hall–Kier alpha value is -3.48. The molecule has 2 amide bonds. The van der Waals surface area contributed by atoms with Crippen LogP contribution in [0, 0.1) is 0 Å². The first-order valence-corrected chi connectivity index (χ1v) is 9.77. The molecule has 0 saturated carbocycles. The highest BCUT2D eigenvalue weighted by Gasteiger charge is 2.18. The smallest absolute Gasteiger partial charge is 0.272 e. The lowest BCUT2D eigenvalue weighted by Gasteiger charge is -2.26. The Kier molecular flexibility index (Phi) is 5.37. The van der Waals surface area contributed by atoms with Crippen LogP contribution in [0.4, 0.5) is 0 Å². The van der Waals surface area contributed by atoms with Crippen molar-refractivity contribution in [2.45, 2.75) is 25.8 Å². The van der Waals surface area contributed by atoms with Gasteiger partial charge in [0.25, 0.3) is 17.4 Å². The standard InChI is InChI=1S/C22H22N4O3/c27-20-18-10-3-2-9-17(18)19(24-25-20)21(28)23-14-15-7-6-8-16(13-15)22(29)26-11-4-1-5-12-26/h2-3,6-10,13H,1,4-5,11-12,14H2,(H,23,28)(H,25,27). The SMILES string of the molecule is O=C(NCc1cccc(C(=O)N2CCCCC2)c1)c1n[nH]c(=O)c2ccccc12. The van der Waals surface area contributed by atoms with Crippen molar-refractivity contribution < 1.29 is 9.59 Å². The van der Waals surface area contributed by atoms with Crippen molar-refractivity contribution in [2.75, 3.05) is 13.1 Å². The Morgan fingerprint density at radius 1 is 1.00 bits per heavy atom. The first-order chi connectivity index (χ1) is 14.1. The van der Waals surface area contributed by atoms with Gasteiger partial charge in [-0.3, -0.25) is 14.4 Å². The molecule has 7 nitrogen and oxygen atoms in total. The fraction of sp³-hybridized carbons (Fsp3) is 0.273. The summed E-state index contributed by atoms with van der Waals surface area (Å²) in [6.07, 6.45) is 3.26. The number of amides is 2. The van der Waals surface area contributed by atoms with Gasteiger partial charge in [-0.2, -0.15) is 5.10 Å². The van der Waals surface area contributed by atoms with E-state index in [2.05, 4.69) is 15.5 Å². The number of carbonyl (C=O) groups excluding carboxylic acids is 2. The molecule has 148 valence electrons. The first-order valence-electron chi connectivity index (χ1n) is 9.77. The minimum absolute atomic E-state index is 0.0335. The highest BCUT2D eigenvalue weighted by atomic mass is 16.2. The molecule has 0 atom stereocenters. The van der Waals surface area contributed by atoms with Crippen molar-refractivity contribution in [3.63, 3.8) is 0 Å². The molecule has 0 spiro atoms. The molecule has 29 heavy (non-hydrogen) atoms. The van der Waals surface area contributed by atoms with Crippen molar-refractivity contribution in [2.24, 2.45) is 0 Å². The molecular weight excluding hydrogens is 368 g/mol. The van der Waals surface area contributed by atoms with Gasteiger partial charge in [0.2, 0.25) is 0 Å². The van der Waals surface area contributed by atoms with Gasteiger partial charge in [-0.15, -0.1) is 0 Å². The van der Waals surface area contributed by atoms with E-state index in [1.807, 2.05) is 23.1 Å². The molecule has 2 aromatic carbocycles. The summed E-state index contributed by atoms with van der Waals surface area (Å²) in [7, 11) is 0. The summed E-state index contributed by atoms with van der Waals surface area (Å²) in [5.41, 5.74) is 1.29. The maximum absolute atomic E-state index is 12.7. The second kappa shape index (κ2) is 8.26. The summed E-state index contributed by atoms with van der Waals surface area (Å²) in [5, 5.41) is 10.0. The number of hydrogen-bond donors (Lipinski definition) is 2. The van der Waals surface area contributed by atoms with Gasteiger partial charge in [-0.05, 0) is 43.0 Å². The fourth-order valence-corrected chi connectivity index (χ4v) is 3.65. The molecule has 1 aliphatic heterocycles. The van der Waals surface area contributed by atoms with Crippen LogP contribution in [0.25, 0.3) is 10.8 Å². The molecule has 1 aliphatic rings. The van der Waals surface area contributed by atoms with Crippen molar-refractivity contribution >= 4 is 22.6 Å². The van der Waals surface area contributed by atoms with Crippen LogP contribution in [0.15, 0.2) is 53.3 Å². The van der Waals surface area contributed by atoms with Crippen molar-refractivity contribution in [1.29, 1.82) is 0 Å². The quantitative estimate of drug-likeness (QED) is 0.715. The second-order valence-electron chi connectivity index (χ2n) is 7.18.